The molecule has 0 spiro atoms. The maximum Gasteiger partial charge on any atom is 0.242 e. The molecule has 2 bridgehead atoms. The lowest BCUT2D eigenvalue weighted by atomic mass is 9.79. The van der Waals surface area contributed by atoms with E-state index in [1.54, 1.807) is 16.8 Å². The van der Waals surface area contributed by atoms with Crippen LogP contribution in [-0.4, -0.2) is 104 Å². The third-order valence-electron chi connectivity index (χ3n) is 10.2. The topological polar surface area (TPSA) is 111 Å². The zero-order chi connectivity index (χ0) is 30.2. The molecule has 4 heterocycles. The van der Waals surface area contributed by atoms with Crippen molar-refractivity contribution in [3.05, 3.63) is 35.9 Å². The van der Waals surface area contributed by atoms with E-state index in [2.05, 4.69) is 15.5 Å². The summed E-state index contributed by atoms with van der Waals surface area (Å²) in [5.74, 6) is 0.311. The van der Waals surface area contributed by atoms with Crippen LogP contribution >= 0.6 is 0 Å². The van der Waals surface area contributed by atoms with Crippen molar-refractivity contribution in [3.63, 3.8) is 0 Å². The third-order valence-corrected chi connectivity index (χ3v) is 10.2. The second-order valence-electron chi connectivity index (χ2n) is 13.1. The Morgan fingerprint density at radius 2 is 1.70 bits per heavy atom. The number of rotatable bonds is 5. The molecule has 4 fully saturated rings. The van der Waals surface area contributed by atoms with Crippen molar-refractivity contribution in [1.82, 2.24) is 25.3 Å². The molecule has 0 aromatic heterocycles. The first-order valence-corrected chi connectivity index (χ1v) is 16.3. The molecule has 43 heavy (non-hydrogen) atoms. The van der Waals surface area contributed by atoms with Gasteiger partial charge in [-0.15, -0.1) is 0 Å². The number of hydrogen-bond acceptors (Lipinski definition) is 6. The average Bonchev–Trinajstić information content (AvgIpc) is 3.02. The van der Waals surface area contributed by atoms with Crippen molar-refractivity contribution in [2.45, 2.75) is 64.0 Å². The van der Waals surface area contributed by atoms with Gasteiger partial charge in [0.25, 0.3) is 0 Å². The molecule has 10 heteroatoms. The Hall–Kier alpha value is -2.98. The molecule has 1 aromatic rings. The number of nitrogens with one attached hydrogen (secondary N) is 2. The normalized spacial score (nSPS) is 28.8. The molecule has 4 amide bonds. The Bertz CT molecular complexity index is 1110. The first kappa shape index (κ1) is 31.4. The largest absolute Gasteiger partial charge is 0.381 e. The number of carbonyl (C=O) groups excluding carboxylic acids is 4. The van der Waals surface area contributed by atoms with Gasteiger partial charge in [0, 0.05) is 78.3 Å². The maximum atomic E-state index is 13.3. The van der Waals surface area contributed by atoms with Crippen LogP contribution in [-0.2, 0) is 30.5 Å². The van der Waals surface area contributed by atoms with Crippen molar-refractivity contribution in [1.29, 1.82) is 0 Å². The fourth-order valence-corrected chi connectivity index (χ4v) is 7.48. The molecule has 4 saturated heterocycles. The first-order chi connectivity index (χ1) is 20.9. The number of nitrogens with zero attached hydrogens (tertiary/aromatic N) is 3. The highest BCUT2D eigenvalue weighted by Gasteiger charge is 2.37. The summed E-state index contributed by atoms with van der Waals surface area (Å²) >= 11 is 0. The lowest BCUT2D eigenvalue weighted by molar-refractivity contribution is -0.142. The van der Waals surface area contributed by atoms with Crippen molar-refractivity contribution in [3.8, 4) is 0 Å². The van der Waals surface area contributed by atoms with E-state index in [1.807, 2.05) is 30.3 Å². The first-order valence-electron chi connectivity index (χ1n) is 16.3. The molecular formula is C33H49N5O5. The number of likely N-dealkylation sites (N-methyl/N-ethyl adjacent to an activating group) is 1. The standard InChI is InChI=1S/C33H49N5O5/c1-36-23-33(42)38-14-9-25(17-31(40)35-20-24-5-3-2-4-6-24)28(22-38)18-30(39)34-12-7-27-21-37(29-10-15-43-16-11-29)13-8-26(27)19-32(36)41/h2-6,25-29H,7-23H2,1H3,(H,34,39)(H,35,40)/t25-,26-,27-,28-/m0/s1. The second kappa shape index (κ2) is 15.1. The average molecular weight is 596 g/mol. The van der Waals surface area contributed by atoms with Crippen LogP contribution in [0.15, 0.2) is 30.3 Å². The number of likely N-dealkylation sites (tertiary alicyclic amines) is 1. The fraction of sp³-hybridized carbons (Fsp3) is 0.697. The van der Waals surface area contributed by atoms with E-state index in [4.69, 9.17) is 4.74 Å². The highest BCUT2D eigenvalue weighted by molar-refractivity contribution is 5.85. The Morgan fingerprint density at radius 3 is 2.49 bits per heavy atom. The minimum absolute atomic E-state index is 0.0105. The van der Waals surface area contributed by atoms with Gasteiger partial charge in [0.2, 0.25) is 23.6 Å². The molecule has 4 aliphatic heterocycles. The molecule has 0 aliphatic carbocycles. The summed E-state index contributed by atoms with van der Waals surface area (Å²) in [5, 5.41) is 6.18. The monoisotopic (exact) mass is 595 g/mol. The van der Waals surface area contributed by atoms with Gasteiger partial charge in [-0.3, -0.25) is 24.1 Å². The highest BCUT2D eigenvalue weighted by Crippen LogP contribution is 2.33. The minimum atomic E-state index is -0.113. The molecule has 4 atom stereocenters. The summed E-state index contributed by atoms with van der Waals surface area (Å²) in [6.07, 6.45) is 5.58. The van der Waals surface area contributed by atoms with Crippen LogP contribution in [0.2, 0.25) is 0 Å². The lowest BCUT2D eigenvalue weighted by Gasteiger charge is -2.43. The second-order valence-corrected chi connectivity index (χ2v) is 13.1. The van der Waals surface area contributed by atoms with Crippen LogP contribution in [0.3, 0.4) is 0 Å². The molecular weight excluding hydrogens is 546 g/mol. The highest BCUT2D eigenvalue weighted by atomic mass is 16.5. The summed E-state index contributed by atoms with van der Waals surface area (Å²) in [6.45, 7) is 5.55. The zero-order valence-corrected chi connectivity index (χ0v) is 25.7. The number of fused-ring (bicyclic) bond motifs is 3. The van der Waals surface area contributed by atoms with Crippen LogP contribution < -0.4 is 10.6 Å². The third kappa shape index (κ3) is 8.79. The van der Waals surface area contributed by atoms with E-state index < -0.39 is 0 Å². The molecule has 4 aliphatic rings. The zero-order valence-electron chi connectivity index (χ0n) is 25.7. The Morgan fingerprint density at radius 1 is 0.907 bits per heavy atom. The lowest BCUT2D eigenvalue weighted by Crippen LogP contribution is -2.50. The number of piperidine rings is 2. The molecule has 2 N–H and O–H groups in total. The molecule has 0 saturated carbocycles. The van der Waals surface area contributed by atoms with Crippen molar-refractivity contribution in [2.75, 3.05) is 59.5 Å². The summed E-state index contributed by atoms with van der Waals surface area (Å²) in [5.41, 5.74) is 1.04. The van der Waals surface area contributed by atoms with E-state index in [0.717, 1.165) is 57.6 Å². The number of amides is 4. The van der Waals surface area contributed by atoms with Crippen LogP contribution in [0.5, 0.6) is 0 Å². The van der Waals surface area contributed by atoms with Gasteiger partial charge in [-0.05, 0) is 67.9 Å². The quantitative estimate of drug-likeness (QED) is 0.539. The number of hydrogen-bond donors (Lipinski definition) is 2. The van der Waals surface area contributed by atoms with Gasteiger partial charge in [-0.1, -0.05) is 30.3 Å². The van der Waals surface area contributed by atoms with Crippen molar-refractivity contribution < 1.29 is 23.9 Å². The Kier molecular flexibility index (Phi) is 11.1. The van der Waals surface area contributed by atoms with Gasteiger partial charge in [0.05, 0.1) is 6.54 Å². The molecule has 10 nitrogen and oxygen atoms in total. The maximum absolute atomic E-state index is 13.3. The summed E-state index contributed by atoms with van der Waals surface area (Å²) in [4.78, 5) is 58.7. The van der Waals surface area contributed by atoms with Gasteiger partial charge in [0.15, 0.2) is 0 Å². The predicted molar refractivity (Wildman–Crippen MR) is 163 cm³/mol. The number of benzene rings is 1. The van der Waals surface area contributed by atoms with E-state index in [9.17, 15) is 19.2 Å². The van der Waals surface area contributed by atoms with Gasteiger partial charge < -0.3 is 25.2 Å². The van der Waals surface area contributed by atoms with Crippen LogP contribution in [0.25, 0.3) is 0 Å². The Balaban J connectivity index is 1.23. The smallest absolute Gasteiger partial charge is 0.242 e. The van der Waals surface area contributed by atoms with Crippen molar-refractivity contribution >= 4 is 23.6 Å². The van der Waals surface area contributed by atoms with Gasteiger partial charge >= 0.3 is 0 Å². The van der Waals surface area contributed by atoms with Crippen LogP contribution in [0.4, 0.5) is 0 Å². The summed E-state index contributed by atoms with van der Waals surface area (Å²) < 4.78 is 5.58. The Labute approximate surface area is 255 Å². The fourth-order valence-electron chi connectivity index (χ4n) is 7.48. The molecule has 0 radical (unpaired) electrons. The van der Waals surface area contributed by atoms with Gasteiger partial charge in [0.1, 0.15) is 0 Å². The van der Waals surface area contributed by atoms with Gasteiger partial charge in [-0.25, -0.2) is 0 Å². The van der Waals surface area contributed by atoms with Crippen LogP contribution in [0.1, 0.15) is 56.9 Å². The van der Waals surface area contributed by atoms with E-state index >= 15 is 0 Å². The van der Waals surface area contributed by atoms with Crippen LogP contribution in [0, 0.1) is 23.7 Å². The predicted octanol–water partition coefficient (Wildman–Crippen LogP) is 2.03. The van der Waals surface area contributed by atoms with Gasteiger partial charge in [-0.2, -0.15) is 0 Å². The summed E-state index contributed by atoms with van der Waals surface area (Å²) in [7, 11) is 1.73. The molecule has 1 aromatic carbocycles. The number of carbonyl (C=O) groups is 4. The van der Waals surface area contributed by atoms with E-state index in [0.29, 0.717) is 57.4 Å². The SMILES string of the molecule is CN1CC(=O)N2CC[C@@H](CC(=O)NCc3ccccc3)[C@@H](CC(=O)NCC[C@H]3CN(C4CCOCC4)CC[C@H]3CC1=O)C2. The summed E-state index contributed by atoms with van der Waals surface area (Å²) in [6, 6.07) is 10.3. The minimum Gasteiger partial charge on any atom is -0.381 e. The molecule has 0 unspecified atom stereocenters. The van der Waals surface area contributed by atoms with E-state index in [-0.39, 0.29) is 54.3 Å². The molecule has 236 valence electrons. The van der Waals surface area contributed by atoms with E-state index in [1.165, 1.54) is 0 Å². The molecule has 5 rings (SSSR count). The number of ether oxygens (including phenoxy) is 1. The van der Waals surface area contributed by atoms with Crippen molar-refractivity contribution in [2.24, 2.45) is 23.7 Å².